The van der Waals surface area contributed by atoms with Gasteiger partial charge in [0.25, 0.3) is 0 Å². The van der Waals surface area contributed by atoms with Crippen LogP contribution in [0.25, 0.3) is 0 Å². The number of hydrogen-bond acceptors (Lipinski definition) is 5. The standard InChI is InChI=1S/C18H29NO5/c1-18(2,14-7-8-15(23-5)16(13-14)24-6)17(20)19(9-11-21-3)10-12-22-4/h7-8,13H,9-12H2,1-6H3. The molecule has 0 radical (unpaired) electrons. The minimum absolute atomic E-state index is 0.0174. The van der Waals surface area contributed by atoms with Gasteiger partial charge in [-0.15, -0.1) is 0 Å². The van der Waals surface area contributed by atoms with Gasteiger partial charge in [0, 0.05) is 27.3 Å². The van der Waals surface area contributed by atoms with Crippen LogP contribution >= 0.6 is 0 Å². The van der Waals surface area contributed by atoms with Gasteiger partial charge in [-0.25, -0.2) is 0 Å². The first-order valence-electron chi connectivity index (χ1n) is 7.92. The monoisotopic (exact) mass is 339 g/mol. The Hall–Kier alpha value is -1.79. The Kier molecular flexibility index (Phi) is 8.01. The fourth-order valence-corrected chi connectivity index (χ4v) is 2.46. The summed E-state index contributed by atoms with van der Waals surface area (Å²) < 4.78 is 20.8. The van der Waals surface area contributed by atoms with Crippen molar-refractivity contribution >= 4 is 5.91 Å². The van der Waals surface area contributed by atoms with Crippen molar-refractivity contribution in [1.82, 2.24) is 4.90 Å². The summed E-state index contributed by atoms with van der Waals surface area (Å²) in [5.41, 5.74) is 0.158. The zero-order valence-electron chi connectivity index (χ0n) is 15.5. The summed E-state index contributed by atoms with van der Waals surface area (Å²) in [4.78, 5) is 14.8. The van der Waals surface area contributed by atoms with Gasteiger partial charge in [-0.1, -0.05) is 6.07 Å². The molecule has 6 heteroatoms. The molecule has 0 spiro atoms. The van der Waals surface area contributed by atoms with E-state index in [1.54, 1.807) is 33.3 Å². The van der Waals surface area contributed by atoms with Crippen LogP contribution in [0.5, 0.6) is 11.5 Å². The molecule has 24 heavy (non-hydrogen) atoms. The van der Waals surface area contributed by atoms with E-state index in [-0.39, 0.29) is 5.91 Å². The Morgan fingerprint density at radius 2 is 1.50 bits per heavy atom. The second-order valence-corrected chi connectivity index (χ2v) is 5.97. The summed E-state index contributed by atoms with van der Waals surface area (Å²) in [7, 11) is 6.42. The molecule has 0 aliphatic heterocycles. The van der Waals surface area contributed by atoms with E-state index in [0.717, 1.165) is 5.56 Å². The number of benzene rings is 1. The zero-order valence-corrected chi connectivity index (χ0v) is 15.5. The zero-order chi connectivity index (χ0) is 18.2. The molecule has 1 aromatic carbocycles. The maximum Gasteiger partial charge on any atom is 0.232 e. The average molecular weight is 339 g/mol. The maximum absolute atomic E-state index is 13.1. The van der Waals surface area contributed by atoms with Gasteiger partial charge in [0.1, 0.15) is 0 Å². The van der Waals surface area contributed by atoms with Crippen LogP contribution in [0, 0.1) is 0 Å². The highest BCUT2D eigenvalue weighted by Crippen LogP contribution is 2.34. The second kappa shape index (κ2) is 9.49. The summed E-state index contributed by atoms with van der Waals surface area (Å²) in [5, 5.41) is 0. The smallest absolute Gasteiger partial charge is 0.232 e. The quantitative estimate of drug-likeness (QED) is 0.653. The molecule has 0 saturated carbocycles. The van der Waals surface area contributed by atoms with E-state index >= 15 is 0 Å². The van der Waals surface area contributed by atoms with Crippen LogP contribution in [0.4, 0.5) is 0 Å². The third-order valence-corrected chi connectivity index (χ3v) is 4.06. The third-order valence-electron chi connectivity index (χ3n) is 4.06. The predicted molar refractivity (Wildman–Crippen MR) is 92.9 cm³/mol. The summed E-state index contributed by atoms with van der Waals surface area (Å²) >= 11 is 0. The maximum atomic E-state index is 13.1. The number of rotatable bonds is 10. The van der Waals surface area contributed by atoms with Crippen LogP contribution < -0.4 is 9.47 Å². The van der Waals surface area contributed by atoms with Crippen molar-refractivity contribution in [2.24, 2.45) is 0 Å². The average Bonchev–Trinajstić information content (AvgIpc) is 2.60. The van der Waals surface area contributed by atoms with E-state index in [9.17, 15) is 4.79 Å². The van der Waals surface area contributed by atoms with Gasteiger partial charge in [-0.2, -0.15) is 0 Å². The molecule has 6 nitrogen and oxygen atoms in total. The largest absolute Gasteiger partial charge is 0.493 e. The van der Waals surface area contributed by atoms with Crippen LogP contribution in [0.1, 0.15) is 19.4 Å². The number of carbonyl (C=O) groups excluding carboxylic acids is 1. The summed E-state index contributed by atoms with van der Waals surface area (Å²) in [6.07, 6.45) is 0. The highest BCUT2D eigenvalue weighted by molar-refractivity contribution is 5.87. The summed E-state index contributed by atoms with van der Waals surface area (Å²) in [5.74, 6) is 1.26. The number of carbonyl (C=O) groups is 1. The first kappa shape index (κ1) is 20.3. The SMILES string of the molecule is COCCN(CCOC)C(=O)C(C)(C)c1ccc(OC)c(OC)c1. The molecule has 1 aromatic rings. The highest BCUT2D eigenvalue weighted by Gasteiger charge is 2.34. The van der Waals surface area contributed by atoms with Crippen LogP contribution in [0.15, 0.2) is 18.2 Å². The van der Waals surface area contributed by atoms with E-state index in [1.165, 1.54) is 0 Å². The minimum Gasteiger partial charge on any atom is -0.493 e. The van der Waals surface area contributed by atoms with E-state index in [0.29, 0.717) is 37.8 Å². The van der Waals surface area contributed by atoms with E-state index in [4.69, 9.17) is 18.9 Å². The van der Waals surface area contributed by atoms with Crippen molar-refractivity contribution < 1.29 is 23.7 Å². The molecule has 0 bridgehead atoms. The number of ether oxygens (including phenoxy) is 4. The van der Waals surface area contributed by atoms with Gasteiger partial charge in [-0.3, -0.25) is 4.79 Å². The minimum atomic E-state index is -0.707. The molecular formula is C18H29NO5. The first-order valence-corrected chi connectivity index (χ1v) is 7.92. The van der Waals surface area contributed by atoms with Crippen LogP contribution in [-0.4, -0.2) is 65.5 Å². The number of amides is 1. The Labute approximate surface area is 144 Å². The lowest BCUT2D eigenvalue weighted by atomic mass is 9.83. The van der Waals surface area contributed by atoms with Gasteiger partial charge < -0.3 is 23.8 Å². The number of nitrogens with zero attached hydrogens (tertiary/aromatic N) is 1. The highest BCUT2D eigenvalue weighted by atomic mass is 16.5. The van der Waals surface area contributed by atoms with Crippen LogP contribution in [-0.2, 0) is 19.7 Å². The molecule has 0 aliphatic carbocycles. The lowest BCUT2D eigenvalue weighted by Crippen LogP contribution is -2.46. The van der Waals surface area contributed by atoms with Crippen molar-refractivity contribution in [2.75, 3.05) is 54.7 Å². The Morgan fingerprint density at radius 3 is 1.96 bits per heavy atom. The molecule has 0 aliphatic rings. The Morgan fingerprint density at radius 1 is 0.958 bits per heavy atom. The lowest BCUT2D eigenvalue weighted by molar-refractivity contribution is -0.137. The van der Waals surface area contributed by atoms with E-state index in [2.05, 4.69) is 0 Å². The van der Waals surface area contributed by atoms with Crippen molar-refractivity contribution in [3.63, 3.8) is 0 Å². The van der Waals surface area contributed by atoms with Gasteiger partial charge in [0.15, 0.2) is 11.5 Å². The molecule has 0 aromatic heterocycles. The lowest BCUT2D eigenvalue weighted by Gasteiger charge is -2.32. The summed E-state index contributed by atoms with van der Waals surface area (Å²) in [6.45, 7) is 5.83. The fourth-order valence-electron chi connectivity index (χ4n) is 2.46. The van der Waals surface area contributed by atoms with Gasteiger partial charge in [-0.05, 0) is 31.5 Å². The van der Waals surface area contributed by atoms with E-state index < -0.39 is 5.41 Å². The molecule has 1 amide bonds. The second-order valence-electron chi connectivity index (χ2n) is 5.97. The van der Waals surface area contributed by atoms with Crippen molar-refractivity contribution in [3.8, 4) is 11.5 Å². The predicted octanol–water partition coefficient (Wildman–Crippen LogP) is 2.10. The molecule has 0 N–H and O–H groups in total. The van der Waals surface area contributed by atoms with Crippen molar-refractivity contribution in [3.05, 3.63) is 23.8 Å². The molecule has 0 fully saturated rings. The first-order chi connectivity index (χ1) is 11.4. The fraction of sp³-hybridized carbons (Fsp3) is 0.611. The molecule has 0 atom stereocenters. The number of hydrogen-bond donors (Lipinski definition) is 0. The van der Waals surface area contributed by atoms with Crippen molar-refractivity contribution in [2.45, 2.75) is 19.3 Å². The third kappa shape index (κ3) is 4.85. The molecule has 0 heterocycles. The van der Waals surface area contributed by atoms with Gasteiger partial charge in [0.2, 0.25) is 5.91 Å². The molecule has 0 unspecified atom stereocenters. The van der Waals surface area contributed by atoms with Crippen LogP contribution in [0.2, 0.25) is 0 Å². The normalized spacial score (nSPS) is 11.2. The molecular weight excluding hydrogens is 310 g/mol. The number of methoxy groups -OCH3 is 4. The molecule has 0 saturated heterocycles. The molecule has 136 valence electrons. The Balaban J connectivity index is 3.07. The topological polar surface area (TPSA) is 57.2 Å². The Bertz CT molecular complexity index is 522. The molecule has 1 rings (SSSR count). The van der Waals surface area contributed by atoms with Gasteiger partial charge in [0.05, 0.1) is 32.8 Å². The summed E-state index contributed by atoms with van der Waals surface area (Å²) in [6, 6.07) is 5.56. The van der Waals surface area contributed by atoms with Gasteiger partial charge >= 0.3 is 0 Å². The van der Waals surface area contributed by atoms with E-state index in [1.807, 2.05) is 32.0 Å². The van der Waals surface area contributed by atoms with Crippen molar-refractivity contribution in [1.29, 1.82) is 0 Å². The van der Waals surface area contributed by atoms with Crippen LogP contribution in [0.3, 0.4) is 0 Å².